The van der Waals surface area contributed by atoms with Crippen molar-refractivity contribution in [3.63, 3.8) is 0 Å². The number of hydrogen-bond acceptors (Lipinski definition) is 7. The van der Waals surface area contributed by atoms with Gasteiger partial charge in [-0.3, -0.25) is 0 Å². The molecule has 0 spiro atoms. The maximum atomic E-state index is 10.2. The fraction of sp³-hybridized carbons (Fsp3) is 0.368. The third-order valence-electron chi connectivity index (χ3n) is 4.40. The maximum Gasteiger partial charge on any atom is 0.173 e. The highest BCUT2D eigenvalue weighted by Crippen LogP contribution is 2.35. The summed E-state index contributed by atoms with van der Waals surface area (Å²) in [5.74, 6) is 0.750. The molecule has 5 N–H and O–H groups in total. The quantitative estimate of drug-likeness (QED) is 0.525. The van der Waals surface area contributed by atoms with E-state index in [-0.39, 0.29) is 12.4 Å². The lowest BCUT2D eigenvalue weighted by molar-refractivity contribution is -0.0910. The van der Waals surface area contributed by atoms with Crippen LogP contribution in [0.3, 0.4) is 0 Å². The molecule has 5 atom stereocenters. The van der Waals surface area contributed by atoms with Crippen molar-refractivity contribution < 1.29 is 30.3 Å². The second-order valence-corrected chi connectivity index (χ2v) is 7.61. The van der Waals surface area contributed by atoms with Gasteiger partial charge in [0.2, 0.25) is 0 Å². The van der Waals surface area contributed by atoms with E-state index in [0.29, 0.717) is 12.2 Å². The van der Waals surface area contributed by atoms with Crippen LogP contribution in [0.25, 0.3) is 0 Å². The van der Waals surface area contributed by atoms with Gasteiger partial charge in [-0.2, -0.15) is 0 Å². The Bertz CT molecular complexity index is 720. The molecule has 1 saturated heterocycles. The molecule has 0 bridgehead atoms. The summed E-state index contributed by atoms with van der Waals surface area (Å²) in [4.78, 5) is 0. The van der Waals surface area contributed by atoms with E-state index in [9.17, 15) is 25.5 Å². The van der Waals surface area contributed by atoms with Gasteiger partial charge in [0, 0.05) is 6.42 Å². The molecule has 2 aromatic rings. The van der Waals surface area contributed by atoms with Crippen LogP contribution in [0.15, 0.2) is 48.5 Å². The van der Waals surface area contributed by atoms with Gasteiger partial charge in [-0.05, 0) is 29.3 Å². The second-order valence-electron chi connectivity index (χ2n) is 6.27. The van der Waals surface area contributed by atoms with E-state index in [1.165, 1.54) is 0 Å². The summed E-state index contributed by atoms with van der Waals surface area (Å²) < 4.78 is 5.93. The van der Waals surface area contributed by atoms with Gasteiger partial charge in [0.05, 0.1) is 18.0 Å². The number of aliphatic hydroxyl groups excluding tert-OH is 4. The second kappa shape index (κ2) is 8.28. The molecule has 1 heterocycles. The van der Waals surface area contributed by atoms with Crippen LogP contribution >= 0.6 is 11.8 Å². The maximum absolute atomic E-state index is 10.2. The van der Waals surface area contributed by atoms with Crippen LogP contribution in [-0.2, 0) is 6.42 Å². The lowest BCUT2D eigenvalue weighted by atomic mass is 10.0. The van der Waals surface area contributed by atoms with Crippen molar-refractivity contribution in [2.75, 3.05) is 6.61 Å². The molecule has 1 aliphatic rings. The fourth-order valence-corrected chi connectivity index (χ4v) is 4.12. The Morgan fingerprint density at radius 3 is 2.27 bits per heavy atom. The molecule has 0 amide bonds. The Morgan fingerprint density at radius 1 is 0.885 bits per heavy atom. The first-order valence-electron chi connectivity index (χ1n) is 8.32. The number of aromatic hydroxyl groups is 1. The summed E-state index contributed by atoms with van der Waals surface area (Å²) in [6.45, 7) is -0.329. The number of rotatable bonds is 5. The molecule has 0 unspecified atom stereocenters. The minimum absolute atomic E-state index is 0.197. The third kappa shape index (κ3) is 4.13. The highest BCUT2D eigenvalue weighted by atomic mass is 32.2. The molecule has 2 aromatic carbocycles. The Labute approximate surface area is 155 Å². The van der Waals surface area contributed by atoms with E-state index < -0.39 is 29.0 Å². The average Bonchev–Trinajstić information content (AvgIpc) is 2.65. The number of aliphatic hydroxyl groups is 4. The van der Waals surface area contributed by atoms with Gasteiger partial charge in [0.25, 0.3) is 0 Å². The molecule has 6 nitrogen and oxygen atoms in total. The smallest absolute Gasteiger partial charge is 0.173 e. The number of benzene rings is 2. The van der Waals surface area contributed by atoms with Gasteiger partial charge in [0.1, 0.15) is 23.7 Å². The van der Waals surface area contributed by atoms with Gasteiger partial charge < -0.3 is 30.3 Å². The van der Waals surface area contributed by atoms with Crippen LogP contribution < -0.4 is 4.74 Å². The minimum Gasteiger partial charge on any atom is -0.508 e. The van der Waals surface area contributed by atoms with E-state index in [0.717, 1.165) is 22.9 Å². The molecule has 3 rings (SSSR count). The van der Waals surface area contributed by atoms with E-state index in [1.54, 1.807) is 18.2 Å². The molecule has 0 radical (unpaired) electrons. The largest absolute Gasteiger partial charge is 0.508 e. The zero-order chi connectivity index (χ0) is 18.7. The Balaban J connectivity index is 1.78. The molecule has 0 aliphatic carbocycles. The Kier molecular flexibility index (Phi) is 6.05. The average molecular weight is 378 g/mol. The van der Waals surface area contributed by atoms with Crippen molar-refractivity contribution >= 4 is 11.8 Å². The molecule has 26 heavy (non-hydrogen) atoms. The zero-order valence-corrected chi connectivity index (χ0v) is 14.8. The third-order valence-corrected chi connectivity index (χ3v) is 5.82. The van der Waals surface area contributed by atoms with Gasteiger partial charge in [-0.15, -0.1) is 11.8 Å². The highest BCUT2D eigenvalue weighted by molar-refractivity contribution is 8.00. The first-order chi connectivity index (χ1) is 12.5. The number of thioether (sulfide) groups is 1. The first-order valence-corrected chi connectivity index (χ1v) is 9.27. The van der Waals surface area contributed by atoms with E-state index in [4.69, 9.17) is 4.74 Å². The summed E-state index contributed by atoms with van der Waals surface area (Å²) in [5.41, 5.74) is 1.05. The van der Waals surface area contributed by atoms with E-state index in [2.05, 4.69) is 0 Å². The van der Waals surface area contributed by atoms with Crippen molar-refractivity contribution in [3.05, 3.63) is 59.7 Å². The van der Waals surface area contributed by atoms with Crippen LogP contribution in [0, 0.1) is 0 Å². The SMILES string of the molecule is OC[C@H]1S[C@@H](Oc2ccccc2Cc2ccc(O)cc2)[C@H](O)[C@@H](O)[C@@H]1O. The van der Waals surface area contributed by atoms with Gasteiger partial charge in [0.15, 0.2) is 5.44 Å². The van der Waals surface area contributed by atoms with Gasteiger partial charge >= 0.3 is 0 Å². The van der Waals surface area contributed by atoms with Crippen LogP contribution in [0.2, 0.25) is 0 Å². The van der Waals surface area contributed by atoms with Crippen molar-refractivity contribution in [1.29, 1.82) is 0 Å². The van der Waals surface area contributed by atoms with E-state index >= 15 is 0 Å². The predicted octanol–water partition coefficient (Wildman–Crippen LogP) is 0.878. The number of hydrogen-bond donors (Lipinski definition) is 5. The summed E-state index contributed by atoms with van der Waals surface area (Å²) >= 11 is 1.10. The molecule has 0 aromatic heterocycles. The summed E-state index contributed by atoms with van der Waals surface area (Å²) in [7, 11) is 0. The topological polar surface area (TPSA) is 110 Å². The molecule has 0 saturated carbocycles. The van der Waals surface area contributed by atoms with Gasteiger partial charge in [-0.1, -0.05) is 30.3 Å². The van der Waals surface area contributed by atoms with Crippen LogP contribution in [-0.4, -0.2) is 61.1 Å². The highest BCUT2D eigenvalue weighted by Gasteiger charge is 2.44. The molecular formula is C19H22O6S. The normalized spacial score (nSPS) is 28.7. The van der Waals surface area contributed by atoms with Crippen molar-refractivity contribution in [1.82, 2.24) is 0 Å². The number of ether oxygens (including phenoxy) is 1. The Hall–Kier alpha value is -1.77. The summed E-state index contributed by atoms with van der Waals surface area (Å²) in [6.07, 6.45) is -3.31. The first kappa shape index (κ1) is 19.0. The summed E-state index contributed by atoms with van der Waals surface area (Å²) in [5, 5.41) is 48.3. The minimum atomic E-state index is -1.39. The number of para-hydroxylation sites is 1. The van der Waals surface area contributed by atoms with Gasteiger partial charge in [-0.25, -0.2) is 0 Å². The van der Waals surface area contributed by atoms with Crippen molar-refractivity contribution in [2.45, 2.75) is 35.4 Å². The molecular weight excluding hydrogens is 356 g/mol. The molecule has 7 heteroatoms. The number of phenols is 1. The van der Waals surface area contributed by atoms with Crippen LogP contribution in [0.5, 0.6) is 11.5 Å². The predicted molar refractivity (Wildman–Crippen MR) is 98.3 cm³/mol. The standard InChI is InChI=1S/C19H22O6S/c20-10-15-16(22)17(23)18(24)19(26-15)25-14-4-2-1-3-12(14)9-11-5-7-13(21)8-6-11/h1-8,15-24H,9-10H2/t15-,16-,17+,18-,19-/m1/s1. The van der Waals surface area contributed by atoms with E-state index in [1.807, 2.05) is 30.3 Å². The monoisotopic (exact) mass is 378 g/mol. The van der Waals surface area contributed by atoms with Crippen molar-refractivity contribution in [2.24, 2.45) is 0 Å². The summed E-state index contributed by atoms with van der Waals surface area (Å²) in [6, 6.07) is 14.2. The Morgan fingerprint density at radius 2 is 1.58 bits per heavy atom. The molecule has 1 fully saturated rings. The molecule has 140 valence electrons. The fourth-order valence-electron chi connectivity index (χ4n) is 2.89. The van der Waals surface area contributed by atoms with Crippen LogP contribution in [0.4, 0.5) is 0 Å². The zero-order valence-electron chi connectivity index (χ0n) is 14.0. The lowest BCUT2D eigenvalue weighted by Crippen LogP contribution is -2.55. The van der Waals surface area contributed by atoms with Crippen LogP contribution in [0.1, 0.15) is 11.1 Å². The number of phenolic OH excluding ortho intramolecular Hbond substituents is 1. The lowest BCUT2D eigenvalue weighted by Gasteiger charge is -2.39. The van der Waals surface area contributed by atoms with Crippen molar-refractivity contribution in [3.8, 4) is 11.5 Å². The molecule has 1 aliphatic heterocycles.